The summed E-state index contributed by atoms with van der Waals surface area (Å²) in [6.45, 7) is 0. The molecule has 0 saturated heterocycles. The number of aromatic nitrogens is 1. The van der Waals surface area contributed by atoms with Crippen molar-refractivity contribution in [3.8, 4) is 0 Å². The molecule has 1 aromatic carbocycles. The molecule has 1 aliphatic carbocycles. The molecule has 2 aromatic rings. The number of rotatable bonds is 1. The van der Waals surface area contributed by atoms with Gasteiger partial charge in [0.25, 0.3) is 0 Å². The molecule has 0 spiro atoms. The van der Waals surface area contributed by atoms with E-state index in [2.05, 4.69) is 4.98 Å². The number of Topliss-reactive ketones (excluding diaryl/α,β-unsaturated/α-hetero) is 1. The van der Waals surface area contributed by atoms with Crippen LogP contribution in [0.2, 0.25) is 0 Å². The number of allylic oxidation sites excluding steroid dienone is 1. The van der Waals surface area contributed by atoms with E-state index in [-0.39, 0.29) is 46.7 Å². The second kappa shape index (κ2) is 5.06. The standard InChI is InChI=1S/C14H9NO2.Na/c16-13-9-5-1-2-6-10(9)14(17)12(13)11-7-3-4-8-15-11;/h1-8,16H;/q;+1. The average molecular weight is 246 g/mol. The van der Waals surface area contributed by atoms with Crippen LogP contribution >= 0.6 is 0 Å². The summed E-state index contributed by atoms with van der Waals surface area (Å²) in [6.07, 6.45) is 1.60. The molecule has 0 fully saturated rings. The van der Waals surface area contributed by atoms with Crippen molar-refractivity contribution < 1.29 is 39.5 Å². The summed E-state index contributed by atoms with van der Waals surface area (Å²) < 4.78 is 0. The summed E-state index contributed by atoms with van der Waals surface area (Å²) in [6, 6.07) is 12.3. The number of carbonyl (C=O) groups excluding carboxylic acids is 1. The first-order valence-corrected chi connectivity index (χ1v) is 5.28. The van der Waals surface area contributed by atoms with E-state index in [4.69, 9.17) is 0 Å². The molecule has 0 bridgehead atoms. The molecule has 3 nitrogen and oxygen atoms in total. The molecule has 82 valence electrons. The Balaban J connectivity index is 0.00000120. The molecule has 0 atom stereocenters. The SMILES string of the molecule is O=C1C(c2ccccn2)=C(O)c2ccccc21.[Na+]. The molecule has 1 heterocycles. The van der Waals surface area contributed by atoms with Gasteiger partial charge in [-0.15, -0.1) is 0 Å². The zero-order valence-electron chi connectivity index (χ0n) is 9.92. The van der Waals surface area contributed by atoms with Crippen molar-refractivity contribution in [2.75, 3.05) is 0 Å². The largest absolute Gasteiger partial charge is 1.00 e. The van der Waals surface area contributed by atoms with Crippen molar-refractivity contribution in [1.82, 2.24) is 4.98 Å². The fourth-order valence-electron chi connectivity index (χ4n) is 2.01. The number of hydrogen-bond acceptors (Lipinski definition) is 3. The van der Waals surface area contributed by atoms with Crippen molar-refractivity contribution in [1.29, 1.82) is 0 Å². The summed E-state index contributed by atoms with van der Waals surface area (Å²) >= 11 is 0. The molecule has 18 heavy (non-hydrogen) atoms. The van der Waals surface area contributed by atoms with Crippen LogP contribution in [0.25, 0.3) is 11.3 Å². The van der Waals surface area contributed by atoms with E-state index in [0.29, 0.717) is 16.8 Å². The van der Waals surface area contributed by atoms with Crippen LogP contribution < -0.4 is 29.6 Å². The van der Waals surface area contributed by atoms with Crippen LogP contribution in [0.3, 0.4) is 0 Å². The van der Waals surface area contributed by atoms with E-state index in [1.807, 2.05) is 0 Å². The predicted molar refractivity (Wildman–Crippen MR) is 64.5 cm³/mol. The first-order chi connectivity index (χ1) is 8.29. The maximum absolute atomic E-state index is 12.1. The zero-order valence-corrected chi connectivity index (χ0v) is 11.9. The van der Waals surface area contributed by atoms with E-state index in [1.165, 1.54) is 0 Å². The quantitative estimate of drug-likeness (QED) is 0.703. The number of hydrogen-bond donors (Lipinski definition) is 1. The third kappa shape index (κ3) is 1.90. The minimum Gasteiger partial charge on any atom is -0.506 e. The Morgan fingerprint density at radius 1 is 0.944 bits per heavy atom. The minimum absolute atomic E-state index is 0. The Morgan fingerprint density at radius 2 is 1.61 bits per heavy atom. The molecule has 1 N–H and O–H groups in total. The van der Waals surface area contributed by atoms with Gasteiger partial charge in [-0.2, -0.15) is 0 Å². The van der Waals surface area contributed by atoms with Crippen LogP contribution in [-0.4, -0.2) is 15.9 Å². The number of benzene rings is 1. The Bertz CT molecular complexity index is 635. The second-order valence-corrected chi connectivity index (χ2v) is 3.81. The van der Waals surface area contributed by atoms with Crippen LogP contribution in [0, 0.1) is 0 Å². The Hall–Kier alpha value is -1.42. The van der Waals surface area contributed by atoms with Gasteiger partial charge in [-0.1, -0.05) is 30.3 Å². The van der Waals surface area contributed by atoms with Crippen molar-refractivity contribution in [3.63, 3.8) is 0 Å². The van der Waals surface area contributed by atoms with Crippen LogP contribution in [0.5, 0.6) is 0 Å². The van der Waals surface area contributed by atoms with Gasteiger partial charge < -0.3 is 5.11 Å². The molecular formula is C14H9NNaO2+. The van der Waals surface area contributed by atoms with Crippen LogP contribution in [0.4, 0.5) is 0 Å². The van der Waals surface area contributed by atoms with Gasteiger partial charge in [0, 0.05) is 17.3 Å². The third-order valence-electron chi connectivity index (χ3n) is 2.81. The summed E-state index contributed by atoms with van der Waals surface area (Å²) in [4.78, 5) is 16.3. The molecule has 0 radical (unpaired) electrons. The molecule has 4 heteroatoms. The van der Waals surface area contributed by atoms with Gasteiger partial charge in [-0.25, -0.2) is 0 Å². The van der Waals surface area contributed by atoms with Gasteiger partial charge in [0.2, 0.25) is 0 Å². The van der Waals surface area contributed by atoms with Gasteiger partial charge in [-0.05, 0) is 12.1 Å². The number of carbonyl (C=O) groups is 1. The van der Waals surface area contributed by atoms with Crippen molar-refractivity contribution in [3.05, 3.63) is 65.5 Å². The Labute approximate surface area is 126 Å². The van der Waals surface area contributed by atoms with Gasteiger partial charge in [0.05, 0.1) is 11.3 Å². The van der Waals surface area contributed by atoms with Gasteiger partial charge >= 0.3 is 29.6 Å². The second-order valence-electron chi connectivity index (χ2n) is 3.81. The number of pyridine rings is 1. The maximum atomic E-state index is 12.1. The van der Waals surface area contributed by atoms with Gasteiger partial charge in [-0.3, -0.25) is 9.78 Å². The van der Waals surface area contributed by atoms with E-state index in [0.717, 1.165) is 0 Å². The minimum atomic E-state index is -0.170. The van der Waals surface area contributed by atoms with Crippen molar-refractivity contribution >= 4 is 17.1 Å². The fourth-order valence-corrected chi connectivity index (χ4v) is 2.01. The molecule has 1 aromatic heterocycles. The van der Waals surface area contributed by atoms with E-state index >= 15 is 0 Å². The molecule has 0 amide bonds. The summed E-state index contributed by atoms with van der Waals surface area (Å²) in [5.41, 5.74) is 1.90. The number of ketones is 1. The first kappa shape index (κ1) is 13.0. The van der Waals surface area contributed by atoms with Gasteiger partial charge in [0.15, 0.2) is 5.78 Å². The number of aliphatic hydroxyl groups excluding tert-OH is 1. The smallest absolute Gasteiger partial charge is 0.506 e. The molecule has 0 saturated carbocycles. The molecule has 0 aliphatic heterocycles. The number of fused-ring (bicyclic) bond motifs is 1. The van der Waals surface area contributed by atoms with E-state index in [1.54, 1.807) is 48.7 Å². The molecular weight excluding hydrogens is 237 g/mol. The monoisotopic (exact) mass is 246 g/mol. The Morgan fingerprint density at radius 3 is 2.22 bits per heavy atom. The molecule has 3 rings (SSSR count). The molecule has 1 aliphatic rings. The van der Waals surface area contributed by atoms with Gasteiger partial charge in [0.1, 0.15) is 5.76 Å². The number of aliphatic hydroxyl groups is 1. The van der Waals surface area contributed by atoms with Crippen molar-refractivity contribution in [2.45, 2.75) is 0 Å². The summed E-state index contributed by atoms with van der Waals surface area (Å²) in [5.74, 6) is -0.152. The predicted octanol–water partition coefficient (Wildman–Crippen LogP) is -0.292. The number of nitrogens with zero attached hydrogens (tertiary/aromatic N) is 1. The normalized spacial score (nSPS) is 13.2. The summed E-state index contributed by atoms with van der Waals surface area (Å²) in [5, 5.41) is 10.1. The Kier molecular flexibility index (Phi) is 3.66. The van der Waals surface area contributed by atoms with E-state index in [9.17, 15) is 9.90 Å². The van der Waals surface area contributed by atoms with Crippen LogP contribution in [0.1, 0.15) is 21.6 Å². The molecule has 0 unspecified atom stereocenters. The van der Waals surface area contributed by atoms with Crippen LogP contribution in [0.15, 0.2) is 48.7 Å². The third-order valence-corrected chi connectivity index (χ3v) is 2.81. The average Bonchev–Trinajstić information content (AvgIpc) is 2.64. The maximum Gasteiger partial charge on any atom is 1.00 e. The zero-order chi connectivity index (χ0) is 11.8. The summed E-state index contributed by atoms with van der Waals surface area (Å²) in [7, 11) is 0. The van der Waals surface area contributed by atoms with Crippen LogP contribution in [-0.2, 0) is 0 Å². The first-order valence-electron chi connectivity index (χ1n) is 5.28. The van der Waals surface area contributed by atoms with Crippen molar-refractivity contribution in [2.24, 2.45) is 0 Å². The van der Waals surface area contributed by atoms with E-state index < -0.39 is 0 Å². The topological polar surface area (TPSA) is 50.2 Å². The fraction of sp³-hybridized carbons (Fsp3) is 0.